The lowest BCUT2D eigenvalue weighted by atomic mass is 10.1. The summed E-state index contributed by atoms with van der Waals surface area (Å²) in [5, 5.41) is 2.95. The van der Waals surface area contributed by atoms with E-state index in [1.807, 2.05) is 48.5 Å². The van der Waals surface area contributed by atoms with E-state index in [2.05, 4.69) is 15.3 Å². The molecule has 0 aliphatic rings. The maximum absolute atomic E-state index is 12.0. The lowest BCUT2D eigenvalue weighted by Gasteiger charge is -2.06. The minimum absolute atomic E-state index is 0.0212. The number of carbonyl (C=O) groups is 1. The van der Waals surface area contributed by atoms with Crippen LogP contribution in [0.4, 0.5) is 0 Å². The number of nitrogens with one attached hydrogen (secondary N) is 2. The van der Waals surface area contributed by atoms with Crippen LogP contribution >= 0.6 is 0 Å². The van der Waals surface area contributed by atoms with E-state index in [4.69, 9.17) is 4.74 Å². The Bertz CT molecular complexity index is 793. The Morgan fingerprint density at radius 1 is 1.21 bits per heavy atom. The lowest BCUT2D eigenvalue weighted by molar-refractivity contribution is -0.120. The number of aryl methyl sites for hydroxylation is 1. The minimum Gasteiger partial charge on any atom is -0.497 e. The number of aromatic amines is 1. The van der Waals surface area contributed by atoms with Gasteiger partial charge in [0.1, 0.15) is 11.6 Å². The first-order valence-electron chi connectivity index (χ1n) is 8.08. The summed E-state index contributed by atoms with van der Waals surface area (Å²) in [4.78, 5) is 19.8. The van der Waals surface area contributed by atoms with Crippen molar-refractivity contribution in [2.24, 2.45) is 0 Å². The van der Waals surface area contributed by atoms with E-state index < -0.39 is 0 Å². The number of ether oxygens (including phenoxy) is 1. The van der Waals surface area contributed by atoms with Crippen molar-refractivity contribution in [1.29, 1.82) is 0 Å². The van der Waals surface area contributed by atoms with Gasteiger partial charge in [-0.25, -0.2) is 4.98 Å². The highest BCUT2D eigenvalue weighted by atomic mass is 16.5. The molecule has 2 N–H and O–H groups in total. The van der Waals surface area contributed by atoms with Gasteiger partial charge >= 0.3 is 0 Å². The van der Waals surface area contributed by atoms with Gasteiger partial charge in [0.05, 0.1) is 24.6 Å². The van der Waals surface area contributed by atoms with Crippen molar-refractivity contribution in [3.8, 4) is 5.75 Å². The predicted molar refractivity (Wildman–Crippen MR) is 94.1 cm³/mol. The van der Waals surface area contributed by atoms with Crippen LogP contribution in [0.5, 0.6) is 5.75 Å². The zero-order chi connectivity index (χ0) is 16.8. The number of H-pyrrole nitrogens is 1. The number of hydrogen-bond donors (Lipinski definition) is 2. The van der Waals surface area contributed by atoms with Crippen LogP contribution in [-0.4, -0.2) is 29.5 Å². The number of carbonyl (C=O) groups excluding carboxylic acids is 1. The van der Waals surface area contributed by atoms with Gasteiger partial charge in [0.25, 0.3) is 0 Å². The van der Waals surface area contributed by atoms with Gasteiger partial charge < -0.3 is 15.0 Å². The molecular formula is C19H21N3O2. The monoisotopic (exact) mass is 323 g/mol. The van der Waals surface area contributed by atoms with Gasteiger partial charge in [-0.15, -0.1) is 0 Å². The molecule has 0 spiro atoms. The highest BCUT2D eigenvalue weighted by molar-refractivity contribution is 5.78. The van der Waals surface area contributed by atoms with E-state index in [0.29, 0.717) is 13.0 Å². The Hall–Kier alpha value is -2.82. The molecule has 0 saturated heterocycles. The van der Waals surface area contributed by atoms with Crippen molar-refractivity contribution in [3.05, 3.63) is 59.9 Å². The van der Waals surface area contributed by atoms with E-state index in [-0.39, 0.29) is 5.91 Å². The Morgan fingerprint density at radius 3 is 2.92 bits per heavy atom. The molecule has 0 fully saturated rings. The molecule has 3 aromatic rings. The quantitative estimate of drug-likeness (QED) is 0.657. The molecule has 0 bridgehead atoms. The number of methoxy groups -OCH3 is 1. The molecule has 0 radical (unpaired) electrons. The largest absolute Gasteiger partial charge is 0.497 e. The first-order chi connectivity index (χ1) is 11.7. The van der Waals surface area contributed by atoms with Gasteiger partial charge in [0.2, 0.25) is 5.91 Å². The van der Waals surface area contributed by atoms with Crippen LogP contribution in [0.3, 0.4) is 0 Å². The molecule has 0 aliphatic heterocycles. The average molecular weight is 323 g/mol. The molecule has 0 unspecified atom stereocenters. The summed E-state index contributed by atoms with van der Waals surface area (Å²) in [6.07, 6.45) is 2.03. The van der Waals surface area contributed by atoms with E-state index in [1.54, 1.807) is 7.11 Å². The Labute approximate surface area is 141 Å². The van der Waals surface area contributed by atoms with Crippen LogP contribution < -0.4 is 10.1 Å². The van der Waals surface area contributed by atoms with Crippen LogP contribution in [0.25, 0.3) is 11.0 Å². The average Bonchev–Trinajstić information content (AvgIpc) is 3.01. The fourth-order valence-corrected chi connectivity index (χ4v) is 2.64. The topological polar surface area (TPSA) is 67.0 Å². The van der Waals surface area contributed by atoms with Gasteiger partial charge in [-0.2, -0.15) is 0 Å². The number of para-hydroxylation sites is 2. The summed E-state index contributed by atoms with van der Waals surface area (Å²) in [6, 6.07) is 15.5. The molecule has 124 valence electrons. The second kappa shape index (κ2) is 7.64. The first kappa shape index (κ1) is 16.1. The van der Waals surface area contributed by atoms with Gasteiger partial charge in [-0.1, -0.05) is 24.3 Å². The lowest BCUT2D eigenvalue weighted by Crippen LogP contribution is -2.26. The highest BCUT2D eigenvalue weighted by Crippen LogP contribution is 2.13. The fraction of sp³-hybridized carbons (Fsp3) is 0.263. The standard InChI is InChI=1S/C19H21N3O2/c1-24-15-7-4-6-14(12-15)13-19(23)20-11-5-10-18-21-16-8-2-3-9-17(16)22-18/h2-4,6-9,12H,5,10-11,13H2,1H3,(H,20,23)(H,21,22). The van der Waals surface area contributed by atoms with Crippen molar-refractivity contribution in [2.45, 2.75) is 19.3 Å². The molecule has 5 heteroatoms. The molecule has 2 aromatic carbocycles. The van der Waals surface area contributed by atoms with Gasteiger partial charge in [-0.05, 0) is 36.2 Å². The second-order valence-corrected chi connectivity index (χ2v) is 5.68. The number of rotatable bonds is 7. The number of nitrogens with zero attached hydrogens (tertiary/aromatic N) is 1. The molecule has 0 saturated carbocycles. The maximum Gasteiger partial charge on any atom is 0.224 e. The number of imidazole rings is 1. The minimum atomic E-state index is 0.0212. The van der Waals surface area contributed by atoms with E-state index >= 15 is 0 Å². The molecule has 1 aromatic heterocycles. The summed E-state index contributed by atoms with van der Waals surface area (Å²) in [7, 11) is 1.62. The zero-order valence-corrected chi connectivity index (χ0v) is 13.7. The molecule has 1 heterocycles. The number of fused-ring (bicyclic) bond motifs is 1. The van der Waals surface area contributed by atoms with Crippen LogP contribution in [-0.2, 0) is 17.6 Å². The van der Waals surface area contributed by atoms with E-state index in [9.17, 15) is 4.79 Å². The molecular weight excluding hydrogens is 302 g/mol. The van der Waals surface area contributed by atoms with Gasteiger partial charge in [0.15, 0.2) is 0 Å². The first-order valence-corrected chi connectivity index (χ1v) is 8.08. The highest BCUT2D eigenvalue weighted by Gasteiger charge is 2.05. The summed E-state index contributed by atoms with van der Waals surface area (Å²) in [5.41, 5.74) is 2.98. The van der Waals surface area contributed by atoms with Gasteiger partial charge in [-0.3, -0.25) is 4.79 Å². The van der Waals surface area contributed by atoms with Crippen molar-refractivity contribution in [3.63, 3.8) is 0 Å². The molecule has 0 aliphatic carbocycles. The molecule has 24 heavy (non-hydrogen) atoms. The van der Waals surface area contributed by atoms with E-state index in [0.717, 1.165) is 41.0 Å². The fourth-order valence-electron chi connectivity index (χ4n) is 2.64. The summed E-state index contributed by atoms with van der Waals surface area (Å²) in [6.45, 7) is 0.639. The van der Waals surface area contributed by atoms with E-state index in [1.165, 1.54) is 0 Å². The maximum atomic E-state index is 12.0. The molecule has 1 amide bonds. The summed E-state index contributed by atoms with van der Waals surface area (Å²) >= 11 is 0. The number of hydrogen-bond acceptors (Lipinski definition) is 3. The predicted octanol–water partition coefficient (Wildman–Crippen LogP) is 2.86. The third kappa shape index (κ3) is 4.13. The Balaban J connectivity index is 1.43. The number of aromatic nitrogens is 2. The zero-order valence-electron chi connectivity index (χ0n) is 13.7. The second-order valence-electron chi connectivity index (χ2n) is 5.68. The Morgan fingerprint density at radius 2 is 2.08 bits per heavy atom. The van der Waals surface area contributed by atoms with Crippen molar-refractivity contribution in [2.75, 3.05) is 13.7 Å². The summed E-state index contributed by atoms with van der Waals surface area (Å²) < 4.78 is 5.17. The van der Waals surface area contributed by atoms with Crippen LogP contribution in [0, 0.1) is 0 Å². The molecule has 5 nitrogen and oxygen atoms in total. The third-order valence-electron chi connectivity index (χ3n) is 3.85. The number of amides is 1. The molecule has 3 rings (SSSR count). The smallest absolute Gasteiger partial charge is 0.224 e. The number of benzene rings is 2. The third-order valence-corrected chi connectivity index (χ3v) is 3.85. The SMILES string of the molecule is COc1cccc(CC(=O)NCCCc2nc3ccccc3[nH]2)c1. The Kier molecular flexibility index (Phi) is 5.11. The summed E-state index contributed by atoms with van der Waals surface area (Å²) in [5.74, 6) is 1.75. The van der Waals surface area contributed by atoms with Crippen molar-refractivity contribution >= 4 is 16.9 Å². The normalized spacial score (nSPS) is 10.7. The van der Waals surface area contributed by atoms with Gasteiger partial charge in [0, 0.05) is 13.0 Å². The van der Waals surface area contributed by atoms with Crippen molar-refractivity contribution in [1.82, 2.24) is 15.3 Å². The van der Waals surface area contributed by atoms with Crippen molar-refractivity contribution < 1.29 is 9.53 Å². The van der Waals surface area contributed by atoms with Crippen LogP contribution in [0.2, 0.25) is 0 Å². The van der Waals surface area contributed by atoms with Crippen LogP contribution in [0.1, 0.15) is 17.8 Å². The van der Waals surface area contributed by atoms with Crippen LogP contribution in [0.15, 0.2) is 48.5 Å². The molecule has 0 atom stereocenters.